The average molecular weight is 517 g/mol. The van der Waals surface area contributed by atoms with Crippen molar-refractivity contribution in [1.82, 2.24) is 28.9 Å². The summed E-state index contributed by atoms with van der Waals surface area (Å²) in [6.45, 7) is 0. The van der Waals surface area contributed by atoms with E-state index in [1.165, 1.54) is 10.9 Å². The molecule has 0 saturated carbocycles. The van der Waals surface area contributed by atoms with Gasteiger partial charge in [0.2, 0.25) is 0 Å². The van der Waals surface area contributed by atoms with E-state index in [0.29, 0.717) is 22.8 Å². The Bertz CT molecular complexity index is 1900. The predicted molar refractivity (Wildman–Crippen MR) is 151 cm³/mol. The lowest BCUT2D eigenvalue weighted by atomic mass is 10.1. The van der Waals surface area contributed by atoms with Gasteiger partial charge in [-0.2, -0.15) is 5.10 Å². The number of nitrogens with two attached hydrogens (primary N) is 1. The molecule has 0 bridgehead atoms. The highest BCUT2D eigenvalue weighted by Crippen LogP contribution is 2.32. The highest BCUT2D eigenvalue weighted by atomic mass is 16.2. The van der Waals surface area contributed by atoms with Gasteiger partial charge in [0, 0.05) is 60.8 Å². The van der Waals surface area contributed by atoms with Gasteiger partial charge in [-0.05, 0) is 35.9 Å². The zero-order valence-electron chi connectivity index (χ0n) is 21.2. The van der Waals surface area contributed by atoms with Gasteiger partial charge in [-0.3, -0.25) is 18.8 Å². The van der Waals surface area contributed by atoms with E-state index < -0.39 is 11.5 Å². The Kier molecular flexibility index (Phi) is 5.76. The number of hydrogen-bond donors (Lipinski definition) is 2. The van der Waals surface area contributed by atoms with Gasteiger partial charge in [-0.25, -0.2) is 9.97 Å². The highest BCUT2D eigenvalue weighted by molar-refractivity contribution is 6.05. The van der Waals surface area contributed by atoms with E-state index in [4.69, 9.17) is 5.73 Å². The molecule has 0 aliphatic heterocycles. The Hall–Kier alpha value is -5.51. The fraction of sp³-hybridized carbons (Fsp3) is 0.0690. The number of hydrogen-bond acceptors (Lipinski definition) is 6. The lowest BCUT2D eigenvalue weighted by Gasteiger charge is -2.12. The number of pyridine rings is 1. The van der Waals surface area contributed by atoms with Gasteiger partial charge in [0.25, 0.3) is 11.5 Å². The van der Waals surface area contributed by atoms with Crippen LogP contribution in [0, 0.1) is 0 Å². The van der Waals surface area contributed by atoms with Crippen LogP contribution in [-0.2, 0) is 14.1 Å². The number of rotatable bonds is 5. The molecule has 0 atom stereocenters. The molecule has 2 aromatic carbocycles. The Labute approximate surface area is 223 Å². The molecule has 10 nitrogen and oxygen atoms in total. The quantitative estimate of drug-likeness (QED) is 0.357. The molecule has 0 spiro atoms. The minimum atomic E-state index is -0.508. The van der Waals surface area contributed by atoms with E-state index in [9.17, 15) is 9.59 Å². The van der Waals surface area contributed by atoms with Gasteiger partial charge in [-0.1, -0.05) is 30.3 Å². The van der Waals surface area contributed by atoms with Gasteiger partial charge in [-0.15, -0.1) is 0 Å². The van der Waals surface area contributed by atoms with Crippen molar-refractivity contribution >= 4 is 28.4 Å². The molecule has 0 unspecified atom stereocenters. The molecule has 192 valence electrons. The molecule has 4 heterocycles. The third-order valence-electron chi connectivity index (χ3n) is 6.57. The summed E-state index contributed by atoms with van der Waals surface area (Å²) in [5.41, 5.74) is 10.9. The summed E-state index contributed by atoms with van der Waals surface area (Å²) in [5.74, 6) is -0.109. The fourth-order valence-electron chi connectivity index (χ4n) is 4.64. The molecule has 39 heavy (non-hydrogen) atoms. The molecule has 0 aliphatic rings. The van der Waals surface area contributed by atoms with E-state index >= 15 is 0 Å². The van der Waals surface area contributed by atoms with Crippen LogP contribution in [0.4, 0.5) is 11.5 Å². The number of nitrogens with one attached hydrogen (secondary N) is 1. The van der Waals surface area contributed by atoms with Crippen LogP contribution >= 0.6 is 0 Å². The minimum absolute atomic E-state index is 0.0169. The fourth-order valence-corrected chi connectivity index (χ4v) is 4.64. The van der Waals surface area contributed by atoms with Crippen molar-refractivity contribution in [2.45, 2.75) is 0 Å². The second-order valence-corrected chi connectivity index (χ2v) is 9.20. The topological polar surface area (TPSA) is 126 Å². The number of anilines is 2. The second-order valence-electron chi connectivity index (χ2n) is 9.20. The summed E-state index contributed by atoms with van der Waals surface area (Å²) < 4.78 is 5.04. The number of carbonyl (C=O) groups excluding carboxylic acids is 1. The van der Waals surface area contributed by atoms with E-state index in [0.717, 1.165) is 27.7 Å². The Morgan fingerprint density at radius 2 is 1.67 bits per heavy atom. The Morgan fingerprint density at radius 3 is 2.38 bits per heavy atom. The third-order valence-corrected chi connectivity index (χ3v) is 6.57. The minimum Gasteiger partial charge on any atom is -0.383 e. The zero-order valence-corrected chi connectivity index (χ0v) is 21.2. The number of aromatic nitrogens is 6. The summed E-state index contributed by atoms with van der Waals surface area (Å²) in [6.07, 6.45) is 8.63. The standard InChI is InChI=1S/C29H24N8O2/c1-35-16-24(25-26(30)31-17-32-27(25)35)18-8-10-21(11-9-18)34-28(38)23-12-19(20-13-33-36(2)14-20)15-37(29(23)39)22-6-4-3-5-7-22/h3-17H,1-2H3,(H,34,38)(H2,30,31,32). The monoisotopic (exact) mass is 516 g/mol. The van der Waals surface area contributed by atoms with Crippen molar-refractivity contribution in [1.29, 1.82) is 0 Å². The van der Waals surface area contributed by atoms with Crippen LogP contribution in [0.5, 0.6) is 0 Å². The number of fused-ring (bicyclic) bond motifs is 1. The number of amides is 1. The summed E-state index contributed by atoms with van der Waals surface area (Å²) >= 11 is 0. The molecule has 0 aliphatic carbocycles. The van der Waals surface area contributed by atoms with Crippen LogP contribution in [0.1, 0.15) is 10.4 Å². The molecule has 3 N–H and O–H groups in total. The van der Waals surface area contributed by atoms with Gasteiger partial charge in [0.1, 0.15) is 23.4 Å². The van der Waals surface area contributed by atoms with Crippen molar-refractivity contribution in [3.05, 3.63) is 108 Å². The molecule has 1 amide bonds. The van der Waals surface area contributed by atoms with Crippen molar-refractivity contribution in [3.63, 3.8) is 0 Å². The molecule has 0 saturated heterocycles. The molecular formula is C29H24N8O2. The predicted octanol–water partition coefficient (Wildman–Crippen LogP) is 4.02. The van der Waals surface area contributed by atoms with Crippen LogP contribution in [-0.4, -0.2) is 34.8 Å². The van der Waals surface area contributed by atoms with E-state index in [1.54, 1.807) is 35.3 Å². The Morgan fingerprint density at radius 1 is 0.897 bits per heavy atom. The van der Waals surface area contributed by atoms with Crippen LogP contribution in [0.3, 0.4) is 0 Å². The largest absolute Gasteiger partial charge is 0.383 e. The first-order valence-corrected chi connectivity index (χ1v) is 12.2. The first kappa shape index (κ1) is 23.9. The van der Waals surface area contributed by atoms with Crippen molar-refractivity contribution < 1.29 is 4.79 Å². The summed E-state index contributed by atoms with van der Waals surface area (Å²) in [4.78, 5) is 35.3. The average Bonchev–Trinajstić information content (AvgIpc) is 3.53. The normalized spacial score (nSPS) is 11.1. The number of nitrogen functional groups attached to an aromatic ring is 1. The number of para-hydroxylation sites is 1. The molecule has 6 aromatic rings. The van der Waals surface area contributed by atoms with Crippen LogP contribution in [0.25, 0.3) is 39.0 Å². The first-order chi connectivity index (χ1) is 18.9. The number of aryl methyl sites for hydroxylation is 2. The third kappa shape index (κ3) is 4.33. The molecule has 4 aromatic heterocycles. The van der Waals surface area contributed by atoms with Gasteiger partial charge >= 0.3 is 0 Å². The zero-order chi connectivity index (χ0) is 27.1. The molecule has 0 fully saturated rings. The smallest absolute Gasteiger partial charge is 0.267 e. The summed E-state index contributed by atoms with van der Waals surface area (Å²) in [6, 6.07) is 18.1. The van der Waals surface area contributed by atoms with Crippen LogP contribution < -0.4 is 16.6 Å². The van der Waals surface area contributed by atoms with Gasteiger partial charge in [0.15, 0.2) is 0 Å². The number of carbonyl (C=O) groups is 1. The van der Waals surface area contributed by atoms with Gasteiger partial charge < -0.3 is 15.6 Å². The lowest BCUT2D eigenvalue weighted by Crippen LogP contribution is -2.28. The summed E-state index contributed by atoms with van der Waals surface area (Å²) in [7, 11) is 3.71. The second kappa shape index (κ2) is 9.42. The molecule has 0 radical (unpaired) electrons. The van der Waals surface area contributed by atoms with Crippen molar-refractivity contribution in [2.75, 3.05) is 11.1 Å². The lowest BCUT2D eigenvalue weighted by molar-refractivity contribution is 0.102. The first-order valence-electron chi connectivity index (χ1n) is 12.2. The van der Waals surface area contributed by atoms with E-state index in [2.05, 4.69) is 20.4 Å². The molecule has 6 rings (SSSR count). The van der Waals surface area contributed by atoms with Crippen LogP contribution in [0.2, 0.25) is 0 Å². The maximum absolute atomic E-state index is 13.4. The van der Waals surface area contributed by atoms with E-state index in [-0.39, 0.29) is 5.56 Å². The van der Waals surface area contributed by atoms with Crippen molar-refractivity contribution in [2.24, 2.45) is 14.1 Å². The van der Waals surface area contributed by atoms with E-state index in [1.807, 2.05) is 73.5 Å². The number of nitrogens with zero attached hydrogens (tertiary/aromatic N) is 6. The molecular weight excluding hydrogens is 492 g/mol. The highest BCUT2D eigenvalue weighted by Gasteiger charge is 2.18. The Balaban J connectivity index is 1.35. The maximum Gasteiger partial charge on any atom is 0.267 e. The van der Waals surface area contributed by atoms with Crippen LogP contribution in [0.15, 0.2) is 96.6 Å². The SMILES string of the molecule is Cn1cc(-c2cc(C(=O)Nc3ccc(-c4cn(C)c5ncnc(N)c45)cc3)c(=O)n(-c3ccccc3)c2)cn1. The summed E-state index contributed by atoms with van der Waals surface area (Å²) in [5, 5.41) is 7.87. The van der Waals surface area contributed by atoms with Crippen molar-refractivity contribution in [3.8, 4) is 27.9 Å². The number of benzene rings is 2. The van der Waals surface area contributed by atoms with Gasteiger partial charge in [0.05, 0.1) is 11.6 Å². The maximum atomic E-state index is 13.4. The molecule has 10 heteroatoms.